The van der Waals surface area contributed by atoms with Gasteiger partial charge in [-0.1, -0.05) is 0 Å². The van der Waals surface area contributed by atoms with Crippen LogP contribution in [0.3, 0.4) is 0 Å². The summed E-state index contributed by atoms with van der Waals surface area (Å²) in [4.78, 5) is 12.2. The highest BCUT2D eigenvalue weighted by Gasteiger charge is 2.12. The summed E-state index contributed by atoms with van der Waals surface area (Å²) in [5.74, 6) is 0.492. The number of hydrogen-bond donors (Lipinski definition) is 1. The molecule has 6 heteroatoms. The first-order chi connectivity index (χ1) is 8.40. The molecule has 1 aromatic rings. The van der Waals surface area contributed by atoms with Crippen LogP contribution in [-0.2, 0) is 0 Å². The number of nitrogens with zero attached hydrogens (tertiary/aromatic N) is 2. The van der Waals surface area contributed by atoms with Crippen molar-refractivity contribution in [3.05, 3.63) is 28.3 Å². The van der Waals surface area contributed by atoms with Crippen molar-refractivity contribution in [2.24, 2.45) is 0 Å². The number of nitrogens with two attached hydrogens (primary N) is 1. The minimum atomic E-state index is -0.477. The Morgan fingerprint density at radius 1 is 1.50 bits per heavy atom. The Balaban J connectivity index is 2.64. The number of rotatable bonds is 6. The Kier molecular flexibility index (Phi) is 4.91. The van der Waals surface area contributed by atoms with Gasteiger partial charge in [-0.15, -0.1) is 0 Å². The topological polar surface area (TPSA) is 81.6 Å². The highest BCUT2D eigenvalue weighted by Crippen LogP contribution is 2.27. The van der Waals surface area contributed by atoms with E-state index in [-0.39, 0.29) is 11.8 Å². The van der Waals surface area contributed by atoms with Crippen LogP contribution in [0.2, 0.25) is 0 Å². The molecule has 0 saturated carbocycles. The smallest absolute Gasteiger partial charge is 0.271 e. The number of nitro groups is 1. The van der Waals surface area contributed by atoms with E-state index in [0.717, 1.165) is 13.0 Å². The molecule has 0 aliphatic rings. The average molecular weight is 253 g/mol. The lowest BCUT2D eigenvalue weighted by Gasteiger charge is -2.18. The van der Waals surface area contributed by atoms with Crippen LogP contribution in [0.15, 0.2) is 18.2 Å². The molecular weight excluding hydrogens is 234 g/mol. The van der Waals surface area contributed by atoms with Gasteiger partial charge in [0, 0.05) is 18.7 Å². The number of benzene rings is 1. The highest BCUT2D eigenvalue weighted by molar-refractivity contribution is 5.58. The van der Waals surface area contributed by atoms with Gasteiger partial charge in [0.05, 0.1) is 16.7 Å². The minimum absolute atomic E-state index is 0.0103. The number of hydrogen-bond acceptors (Lipinski definition) is 5. The monoisotopic (exact) mass is 253 g/mol. The van der Waals surface area contributed by atoms with E-state index in [4.69, 9.17) is 10.5 Å². The van der Waals surface area contributed by atoms with Crippen LogP contribution in [0, 0.1) is 10.1 Å². The zero-order valence-electron chi connectivity index (χ0n) is 10.9. The summed E-state index contributed by atoms with van der Waals surface area (Å²) in [6.45, 7) is 2.86. The molecule has 0 bridgehead atoms. The lowest BCUT2D eigenvalue weighted by molar-refractivity contribution is -0.384. The fourth-order valence-electron chi connectivity index (χ4n) is 1.47. The largest absolute Gasteiger partial charge is 0.489 e. The summed E-state index contributed by atoms with van der Waals surface area (Å²) >= 11 is 0. The fourth-order valence-corrected chi connectivity index (χ4v) is 1.47. The molecule has 0 fully saturated rings. The van der Waals surface area contributed by atoms with E-state index in [0.29, 0.717) is 11.4 Å². The zero-order valence-corrected chi connectivity index (χ0v) is 10.9. The Bertz CT molecular complexity index is 421. The van der Waals surface area contributed by atoms with E-state index in [1.165, 1.54) is 12.1 Å². The highest BCUT2D eigenvalue weighted by atomic mass is 16.6. The molecule has 2 N–H and O–H groups in total. The number of nitrogen functional groups attached to an aromatic ring is 1. The molecule has 1 unspecified atom stereocenters. The molecule has 0 amide bonds. The number of anilines is 1. The normalized spacial score (nSPS) is 12.4. The summed E-state index contributed by atoms with van der Waals surface area (Å²) < 4.78 is 5.66. The van der Waals surface area contributed by atoms with Gasteiger partial charge in [-0.2, -0.15) is 0 Å². The van der Waals surface area contributed by atoms with E-state index in [2.05, 4.69) is 4.90 Å². The lowest BCUT2D eigenvalue weighted by Crippen LogP contribution is -2.21. The summed E-state index contributed by atoms with van der Waals surface area (Å²) in [6, 6.07) is 4.25. The first-order valence-electron chi connectivity index (χ1n) is 5.75. The van der Waals surface area contributed by atoms with Gasteiger partial charge in [0.25, 0.3) is 5.69 Å². The van der Waals surface area contributed by atoms with Gasteiger partial charge < -0.3 is 15.4 Å². The molecule has 0 radical (unpaired) electrons. The SMILES string of the molecule is CC(CCN(C)C)Oc1ccc([N+](=O)[O-])cc1N. The molecule has 6 nitrogen and oxygen atoms in total. The number of ether oxygens (including phenoxy) is 1. The van der Waals surface area contributed by atoms with E-state index >= 15 is 0 Å². The minimum Gasteiger partial charge on any atom is -0.489 e. The molecule has 1 aromatic carbocycles. The van der Waals surface area contributed by atoms with Crippen molar-refractivity contribution in [2.45, 2.75) is 19.4 Å². The molecule has 0 saturated heterocycles. The van der Waals surface area contributed by atoms with Crippen LogP contribution in [0.4, 0.5) is 11.4 Å². The molecular formula is C12H19N3O3. The van der Waals surface area contributed by atoms with Gasteiger partial charge in [-0.3, -0.25) is 10.1 Å². The Morgan fingerprint density at radius 2 is 2.17 bits per heavy atom. The van der Waals surface area contributed by atoms with Crippen LogP contribution in [0.25, 0.3) is 0 Å². The Labute approximate surface area is 106 Å². The number of non-ortho nitro benzene ring substituents is 1. The maximum atomic E-state index is 10.6. The summed E-state index contributed by atoms with van der Waals surface area (Å²) in [6.07, 6.45) is 0.875. The van der Waals surface area contributed by atoms with Gasteiger partial charge >= 0.3 is 0 Å². The van der Waals surface area contributed by atoms with Crippen molar-refractivity contribution >= 4 is 11.4 Å². The van der Waals surface area contributed by atoms with Crippen molar-refractivity contribution in [2.75, 3.05) is 26.4 Å². The second-order valence-corrected chi connectivity index (χ2v) is 4.50. The molecule has 0 aromatic heterocycles. The van der Waals surface area contributed by atoms with Crippen molar-refractivity contribution in [1.82, 2.24) is 4.90 Å². The predicted molar refractivity (Wildman–Crippen MR) is 70.8 cm³/mol. The quantitative estimate of drug-likeness (QED) is 0.475. The predicted octanol–water partition coefficient (Wildman–Crippen LogP) is 1.90. The van der Waals surface area contributed by atoms with Gasteiger partial charge in [-0.05, 0) is 33.5 Å². The third-order valence-electron chi connectivity index (χ3n) is 2.52. The molecule has 0 spiro atoms. The molecule has 100 valence electrons. The van der Waals surface area contributed by atoms with Gasteiger partial charge in [0.1, 0.15) is 5.75 Å². The molecule has 0 heterocycles. The maximum Gasteiger partial charge on any atom is 0.271 e. The van der Waals surface area contributed by atoms with Crippen LogP contribution in [0.5, 0.6) is 5.75 Å². The Morgan fingerprint density at radius 3 is 2.67 bits per heavy atom. The van der Waals surface area contributed by atoms with E-state index in [1.54, 1.807) is 6.07 Å². The van der Waals surface area contributed by atoms with Crippen LogP contribution in [0.1, 0.15) is 13.3 Å². The second-order valence-electron chi connectivity index (χ2n) is 4.50. The van der Waals surface area contributed by atoms with Crippen molar-refractivity contribution in [3.8, 4) is 5.75 Å². The second kappa shape index (κ2) is 6.20. The van der Waals surface area contributed by atoms with Crippen LogP contribution < -0.4 is 10.5 Å². The molecule has 18 heavy (non-hydrogen) atoms. The first-order valence-corrected chi connectivity index (χ1v) is 5.75. The van der Waals surface area contributed by atoms with Gasteiger partial charge in [-0.25, -0.2) is 0 Å². The maximum absolute atomic E-state index is 10.6. The van der Waals surface area contributed by atoms with Gasteiger partial charge in [0.2, 0.25) is 0 Å². The molecule has 1 atom stereocenters. The van der Waals surface area contributed by atoms with Crippen molar-refractivity contribution in [1.29, 1.82) is 0 Å². The van der Waals surface area contributed by atoms with E-state index < -0.39 is 4.92 Å². The molecule has 0 aliphatic heterocycles. The van der Waals surface area contributed by atoms with Crippen LogP contribution >= 0.6 is 0 Å². The Hall–Kier alpha value is -1.82. The van der Waals surface area contributed by atoms with Crippen molar-refractivity contribution in [3.63, 3.8) is 0 Å². The first kappa shape index (κ1) is 14.2. The standard InChI is InChI=1S/C12H19N3O3/c1-9(6-7-14(2)3)18-12-5-4-10(15(16)17)8-11(12)13/h4-5,8-9H,6-7,13H2,1-3H3. The third kappa shape index (κ3) is 4.21. The van der Waals surface area contributed by atoms with Gasteiger partial charge in [0.15, 0.2) is 0 Å². The number of nitro benzene ring substituents is 1. The van der Waals surface area contributed by atoms with Crippen LogP contribution in [-0.4, -0.2) is 36.6 Å². The summed E-state index contributed by atoms with van der Waals surface area (Å²) in [7, 11) is 3.99. The van der Waals surface area contributed by atoms with E-state index in [9.17, 15) is 10.1 Å². The lowest BCUT2D eigenvalue weighted by atomic mass is 10.2. The molecule has 0 aliphatic carbocycles. The zero-order chi connectivity index (χ0) is 13.7. The van der Waals surface area contributed by atoms with Crippen molar-refractivity contribution < 1.29 is 9.66 Å². The molecule has 1 rings (SSSR count). The summed E-state index contributed by atoms with van der Waals surface area (Å²) in [5, 5.41) is 10.6. The average Bonchev–Trinajstić information content (AvgIpc) is 2.29. The van der Waals surface area contributed by atoms with E-state index in [1.807, 2.05) is 21.0 Å². The third-order valence-corrected chi connectivity index (χ3v) is 2.52. The summed E-state index contributed by atoms with van der Waals surface area (Å²) in [5.41, 5.74) is 5.99. The fraction of sp³-hybridized carbons (Fsp3) is 0.500.